The maximum absolute atomic E-state index is 12.7. The molecule has 3 aromatic rings. The molecule has 2 heterocycles. The third-order valence-corrected chi connectivity index (χ3v) is 6.33. The number of aromatic nitrogens is 2. The number of benzene rings is 2. The van der Waals surface area contributed by atoms with E-state index in [2.05, 4.69) is 51.1 Å². The minimum atomic E-state index is -0.293. The van der Waals surface area contributed by atoms with Gasteiger partial charge in [0.25, 0.3) is 5.91 Å². The van der Waals surface area contributed by atoms with Gasteiger partial charge in [0, 0.05) is 24.4 Å². The van der Waals surface area contributed by atoms with Crippen LogP contribution < -0.4 is 25.0 Å². The zero-order valence-electron chi connectivity index (χ0n) is 22.3. The standard InChI is InChI=1S/C30H37N5O3/c1-4-9-23-13-15-24(16-14-23)32-18-22(3)30(36)34-28-19-31-20-29(33-28)35-17-8-10-25(21-35)38-27-12-7-6-11-26(27)37-5-2/h6-7,11-16,19-20,25,32H,3-5,8-10,17-18,21H2,1-2H3,(H,33,34,36)/t25-/m1/s1. The van der Waals surface area contributed by atoms with Gasteiger partial charge in [0.1, 0.15) is 11.9 Å². The number of piperidine rings is 1. The van der Waals surface area contributed by atoms with Gasteiger partial charge in [0.05, 0.1) is 25.5 Å². The van der Waals surface area contributed by atoms with E-state index < -0.39 is 0 Å². The van der Waals surface area contributed by atoms with Crippen molar-refractivity contribution in [1.29, 1.82) is 0 Å². The van der Waals surface area contributed by atoms with Crippen LogP contribution >= 0.6 is 0 Å². The molecule has 1 atom stereocenters. The van der Waals surface area contributed by atoms with Gasteiger partial charge in [-0.25, -0.2) is 4.98 Å². The van der Waals surface area contributed by atoms with E-state index >= 15 is 0 Å². The first-order valence-electron chi connectivity index (χ1n) is 13.3. The summed E-state index contributed by atoms with van der Waals surface area (Å²) >= 11 is 0. The minimum Gasteiger partial charge on any atom is -0.490 e. The van der Waals surface area contributed by atoms with E-state index in [1.165, 1.54) is 5.56 Å². The first-order valence-corrected chi connectivity index (χ1v) is 13.3. The van der Waals surface area contributed by atoms with E-state index in [9.17, 15) is 4.79 Å². The van der Waals surface area contributed by atoms with Crippen LogP contribution in [0.1, 0.15) is 38.7 Å². The molecule has 1 aliphatic rings. The molecular weight excluding hydrogens is 478 g/mol. The van der Waals surface area contributed by atoms with Crippen molar-refractivity contribution in [2.24, 2.45) is 0 Å². The third-order valence-electron chi connectivity index (χ3n) is 6.33. The molecule has 8 heteroatoms. The SMILES string of the molecule is C=C(CNc1ccc(CCC)cc1)C(=O)Nc1cncc(N2CCC[C@@H](Oc3ccccc3OCC)C2)n1. The summed E-state index contributed by atoms with van der Waals surface area (Å²) in [5.74, 6) is 2.29. The zero-order chi connectivity index (χ0) is 26.7. The zero-order valence-corrected chi connectivity index (χ0v) is 22.3. The molecule has 1 amide bonds. The third kappa shape index (κ3) is 7.47. The van der Waals surface area contributed by atoms with Gasteiger partial charge in [-0.05, 0) is 56.0 Å². The Morgan fingerprint density at radius 1 is 1.11 bits per heavy atom. The molecule has 1 aliphatic heterocycles. The predicted octanol–water partition coefficient (Wildman–Crippen LogP) is 5.48. The molecular formula is C30H37N5O3. The van der Waals surface area contributed by atoms with Crippen LogP contribution in [0.4, 0.5) is 17.3 Å². The average Bonchev–Trinajstić information content (AvgIpc) is 2.94. The van der Waals surface area contributed by atoms with Crippen LogP contribution in [0.25, 0.3) is 0 Å². The van der Waals surface area contributed by atoms with Crippen molar-refractivity contribution in [3.05, 3.63) is 78.6 Å². The second-order valence-corrected chi connectivity index (χ2v) is 9.33. The second kappa shape index (κ2) is 13.5. The fourth-order valence-electron chi connectivity index (χ4n) is 4.38. The fraction of sp³-hybridized carbons (Fsp3) is 0.367. The lowest BCUT2D eigenvalue weighted by Gasteiger charge is -2.33. The lowest BCUT2D eigenvalue weighted by atomic mass is 10.1. The Labute approximate surface area is 225 Å². The number of ether oxygens (including phenoxy) is 2. The first kappa shape index (κ1) is 27.0. The van der Waals surface area contributed by atoms with Gasteiger partial charge in [0.15, 0.2) is 17.3 Å². The van der Waals surface area contributed by atoms with Gasteiger partial charge in [-0.2, -0.15) is 0 Å². The van der Waals surface area contributed by atoms with Gasteiger partial charge in [0.2, 0.25) is 0 Å². The summed E-state index contributed by atoms with van der Waals surface area (Å²) in [5, 5.41) is 6.08. The Hall–Kier alpha value is -4.07. The number of rotatable bonds is 12. The van der Waals surface area contributed by atoms with Gasteiger partial charge < -0.3 is 25.0 Å². The molecule has 0 saturated carbocycles. The van der Waals surface area contributed by atoms with Crippen LogP contribution in [0.5, 0.6) is 11.5 Å². The van der Waals surface area contributed by atoms with Crippen LogP contribution in [0.15, 0.2) is 73.1 Å². The van der Waals surface area contributed by atoms with Crippen molar-refractivity contribution in [2.45, 2.75) is 45.6 Å². The minimum absolute atomic E-state index is 0.00714. The summed E-state index contributed by atoms with van der Waals surface area (Å²) in [4.78, 5) is 23.8. The number of carbonyl (C=O) groups is 1. The van der Waals surface area contributed by atoms with Gasteiger partial charge >= 0.3 is 0 Å². The monoisotopic (exact) mass is 515 g/mol. The molecule has 1 aromatic heterocycles. The summed E-state index contributed by atoms with van der Waals surface area (Å²) in [6, 6.07) is 16.0. The molecule has 0 spiro atoms. The van der Waals surface area contributed by atoms with Crippen molar-refractivity contribution >= 4 is 23.2 Å². The van der Waals surface area contributed by atoms with E-state index in [4.69, 9.17) is 9.47 Å². The first-order chi connectivity index (χ1) is 18.6. The Kier molecular flexibility index (Phi) is 9.56. The van der Waals surface area contributed by atoms with Gasteiger partial charge in [-0.15, -0.1) is 0 Å². The summed E-state index contributed by atoms with van der Waals surface area (Å²) in [5.41, 5.74) is 2.66. The topological polar surface area (TPSA) is 88.6 Å². The van der Waals surface area contributed by atoms with E-state index in [1.807, 2.05) is 43.3 Å². The average molecular weight is 516 g/mol. The molecule has 0 radical (unpaired) electrons. The summed E-state index contributed by atoms with van der Waals surface area (Å²) < 4.78 is 12.0. The molecule has 0 bridgehead atoms. The second-order valence-electron chi connectivity index (χ2n) is 9.33. The van der Waals surface area contributed by atoms with Crippen molar-refractivity contribution in [3.8, 4) is 11.5 Å². The number of nitrogens with one attached hydrogen (secondary N) is 2. The van der Waals surface area contributed by atoms with E-state index in [-0.39, 0.29) is 12.0 Å². The molecule has 0 unspecified atom stereocenters. The Bertz CT molecular complexity index is 1210. The molecule has 0 aliphatic carbocycles. The molecule has 1 fully saturated rings. The molecule has 200 valence electrons. The Morgan fingerprint density at radius 3 is 2.66 bits per heavy atom. The predicted molar refractivity (Wildman–Crippen MR) is 152 cm³/mol. The highest BCUT2D eigenvalue weighted by atomic mass is 16.5. The molecule has 2 N–H and O–H groups in total. The normalized spacial score (nSPS) is 15.0. The van der Waals surface area contributed by atoms with E-state index in [0.29, 0.717) is 36.9 Å². The van der Waals surface area contributed by atoms with Crippen molar-refractivity contribution in [1.82, 2.24) is 9.97 Å². The van der Waals surface area contributed by atoms with Crippen LogP contribution in [0, 0.1) is 0 Å². The number of hydrogen-bond donors (Lipinski definition) is 2. The van der Waals surface area contributed by atoms with Crippen LogP contribution in [-0.2, 0) is 11.2 Å². The number of anilines is 3. The maximum Gasteiger partial charge on any atom is 0.253 e. The summed E-state index contributed by atoms with van der Waals surface area (Å²) in [6.07, 6.45) is 7.32. The number of nitrogens with zero attached hydrogens (tertiary/aromatic N) is 3. The largest absolute Gasteiger partial charge is 0.490 e. The van der Waals surface area contributed by atoms with Crippen molar-refractivity contribution in [2.75, 3.05) is 41.8 Å². The molecule has 8 nitrogen and oxygen atoms in total. The number of carbonyl (C=O) groups excluding carboxylic acids is 1. The van der Waals surface area contributed by atoms with Crippen molar-refractivity contribution in [3.63, 3.8) is 0 Å². The molecule has 38 heavy (non-hydrogen) atoms. The molecule has 2 aromatic carbocycles. The maximum atomic E-state index is 12.7. The van der Waals surface area contributed by atoms with Crippen LogP contribution in [0.3, 0.4) is 0 Å². The number of amides is 1. The smallest absolute Gasteiger partial charge is 0.253 e. The van der Waals surface area contributed by atoms with E-state index in [1.54, 1.807) is 12.4 Å². The molecule has 1 saturated heterocycles. The van der Waals surface area contributed by atoms with E-state index in [0.717, 1.165) is 49.4 Å². The van der Waals surface area contributed by atoms with Gasteiger partial charge in [-0.1, -0.05) is 44.2 Å². The summed E-state index contributed by atoms with van der Waals surface area (Å²) in [6.45, 7) is 10.5. The number of aryl methyl sites for hydroxylation is 1. The lowest BCUT2D eigenvalue weighted by Crippen LogP contribution is -2.41. The number of para-hydroxylation sites is 2. The van der Waals surface area contributed by atoms with Crippen molar-refractivity contribution < 1.29 is 14.3 Å². The number of hydrogen-bond acceptors (Lipinski definition) is 7. The highest BCUT2D eigenvalue weighted by Crippen LogP contribution is 2.30. The van der Waals surface area contributed by atoms with Gasteiger partial charge in [-0.3, -0.25) is 9.78 Å². The van der Waals surface area contributed by atoms with Crippen LogP contribution in [0.2, 0.25) is 0 Å². The summed E-state index contributed by atoms with van der Waals surface area (Å²) in [7, 11) is 0. The van der Waals surface area contributed by atoms with Crippen LogP contribution in [-0.4, -0.2) is 48.2 Å². The highest BCUT2D eigenvalue weighted by Gasteiger charge is 2.24. The Balaban J connectivity index is 1.31. The Morgan fingerprint density at radius 2 is 1.89 bits per heavy atom. The quantitative estimate of drug-likeness (QED) is 0.309. The highest BCUT2D eigenvalue weighted by molar-refractivity contribution is 6.03. The molecule has 4 rings (SSSR count). The lowest BCUT2D eigenvalue weighted by molar-refractivity contribution is -0.112. The fourth-order valence-corrected chi connectivity index (χ4v) is 4.38.